The standard InChI is InChI=1S/C30H36N2O2/c33-28(14-13-21-15-17-31(18-16-21)20-22-7-2-1-3-8-22)26-19-23-9-6-11-25-24-10-4-5-12-27(24)32(29(23)25)30(26)34/h1-3,7-8,19,21,26H,4-6,9-18,20H2. The van der Waals surface area contributed by atoms with Gasteiger partial charge >= 0.3 is 0 Å². The number of piperidine rings is 1. The molecule has 4 nitrogen and oxygen atoms in total. The Labute approximate surface area is 203 Å². The van der Waals surface area contributed by atoms with E-state index in [0.717, 1.165) is 77.4 Å². The average molecular weight is 457 g/mol. The van der Waals surface area contributed by atoms with Gasteiger partial charge in [0.2, 0.25) is 5.91 Å². The number of benzene rings is 1. The fourth-order valence-electron chi connectivity index (χ4n) is 6.88. The number of allylic oxidation sites excluding steroid dienone is 2. The summed E-state index contributed by atoms with van der Waals surface area (Å²) >= 11 is 0. The van der Waals surface area contributed by atoms with Crippen molar-refractivity contribution in [2.75, 3.05) is 13.1 Å². The summed E-state index contributed by atoms with van der Waals surface area (Å²) in [6.45, 7) is 3.21. The summed E-state index contributed by atoms with van der Waals surface area (Å²) < 4.78 is 2.00. The summed E-state index contributed by atoms with van der Waals surface area (Å²) in [5.74, 6) is 0.205. The van der Waals surface area contributed by atoms with Crippen LogP contribution in [0.25, 0.3) is 5.57 Å². The molecule has 3 heterocycles. The topological polar surface area (TPSA) is 42.3 Å². The second kappa shape index (κ2) is 9.30. The number of ketones is 1. The van der Waals surface area contributed by atoms with Gasteiger partial charge in [-0.2, -0.15) is 0 Å². The molecule has 6 rings (SSSR count). The molecule has 2 aromatic rings. The fourth-order valence-corrected chi connectivity index (χ4v) is 6.88. The first-order chi connectivity index (χ1) is 16.7. The maximum absolute atomic E-state index is 13.6. The van der Waals surface area contributed by atoms with Crippen LogP contribution in [-0.4, -0.2) is 34.2 Å². The van der Waals surface area contributed by atoms with Crippen LogP contribution in [0.15, 0.2) is 36.4 Å². The average Bonchev–Trinajstić information content (AvgIpc) is 3.22. The zero-order valence-corrected chi connectivity index (χ0v) is 20.2. The Balaban J connectivity index is 1.09. The Bertz CT molecular complexity index is 1120. The molecule has 0 N–H and O–H groups in total. The van der Waals surface area contributed by atoms with Gasteiger partial charge in [-0.1, -0.05) is 36.4 Å². The molecule has 0 amide bonds. The lowest BCUT2D eigenvalue weighted by atomic mass is 9.83. The van der Waals surface area contributed by atoms with E-state index in [9.17, 15) is 9.59 Å². The number of hydrogen-bond donors (Lipinski definition) is 0. The highest BCUT2D eigenvalue weighted by molar-refractivity contribution is 6.08. The van der Waals surface area contributed by atoms with Crippen molar-refractivity contribution in [1.29, 1.82) is 0 Å². The molecule has 0 saturated carbocycles. The van der Waals surface area contributed by atoms with Crippen LogP contribution in [0, 0.1) is 11.8 Å². The van der Waals surface area contributed by atoms with Crippen LogP contribution in [-0.2, 0) is 30.6 Å². The van der Waals surface area contributed by atoms with E-state index in [1.807, 2.05) is 4.57 Å². The third kappa shape index (κ3) is 4.00. The molecule has 178 valence electrons. The zero-order chi connectivity index (χ0) is 23.1. The predicted molar refractivity (Wildman–Crippen MR) is 135 cm³/mol. The van der Waals surface area contributed by atoms with Gasteiger partial charge in [0.05, 0.1) is 5.69 Å². The number of fused-ring (bicyclic) bond motifs is 3. The molecule has 1 aromatic carbocycles. The highest BCUT2D eigenvalue weighted by atomic mass is 16.2. The van der Waals surface area contributed by atoms with Gasteiger partial charge in [0.15, 0.2) is 0 Å². The largest absolute Gasteiger partial charge is 0.299 e. The van der Waals surface area contributed by atoms with Gasteiger partial charge in [-0.05, 0) is 105 Å². The molecule has 2 aliphatic heterocycles. The second-order valence-corrected chi connectivity index (χ2v) is 10.9. The molecule has 4 heteroatoms. The van der Waals surface area contributed by atoms with Crippen molar-refractivity contribution in [3.8, 4) is 0 Å². The molecule has 0 spiro atoms. The summed E-state index contributed by atoms with van der Waals surface area (Å²) in [5.41, 5.74) is 7.92. The van der Waals surface area contributed by atoms with Gasteiger partial charge < -0.3 is 0 Å². The Morgan fingerprint density at radius 2 is 1.68 bits per heavy atom. The third-order valence-electron chi connectivity index (χ3n) is 8.72. The van der Waals surface area contributed by atoms with Crippen molar-refractivity contribution < 1.29 is 9.59 Å². The molecular formula is C30H36N2O2. The van der Waals surface area contributed by atoms with Crippen molar-refractivity contribution in [3.63, 3.8) is 0 Å². The van der Waals surface area contributed by atoms with E-state index < -0.39 is 5.92 Å². The van der Waals surface area contributed by atoms with Gasteiger partial charge in [-0.25, -0.2) is 0 Å². The molecule has 1 fully saturated rings. The number of nitrogens with zero attached hydrogens (tertiary/aromatic N) is 2. The zero-order valence-electron chi connectivity index (χ0n) is 20.2. The third-order valence-corrected chi connectivity index (χ3v) is 8.72. The van der Waals surface area contributed by atoms with Crippen LogP contribution in [0.1, 0.15) is 84.2 Å². The fraction of sp³-hybridized carbons (Fsp3) is 0.533. The Hall–Kier alpha value is -2.46. The first-order valence-electron chi connectivity index (χ1n) is 13.5. The molecule has 1 aromatic heterocycles. The summed E-state index contributed by atoms with van der Waals surface area (Å²) in [6.07, 6.45) is 13.5. The lowest BCUT2D eigenvalue weighted by Crippen LogP contribution is -2.35. The lowest BCUT2D eigenvalue weighted by Gasteiger charge is -2.32. The van der Waals surface area contributed by atoms with Crippen LogP contribution in [0.5, 0.6) is 0 Å². The van der Waals surface area contributed by atoms with Crippen LogP contribution in [0.4, 0.5) is 0 Å². The summed E-state index contributed by atoms with van der Waals surface area (Å²) in [4.78, 5) is 29.4. The van der Waals surface area contributed by atoms with Gasteiger partial charge in [0.25, 0.3) is 0 Å². The normalized spacial score (nSPS) is 22.8. The number of hydrogen-bond acceptors (Lipinski definition) is 3. The van der Waals surface area contributed by atoms with Gasteiger partial charge in [-0.15, -0.1) is 0 Å². The number of Topliss-reactive ketones (excluding diaryl/α,β-unsaturated/α-hetero) is 1. The molecule has 0 bridgehead atoms. The predicted octanol–water partition coefficient (Wildman–Crippen LogP) is 5.62. The smallest absolute Gasteiger partial charge is 0.245 e. The van der Waals surface area contributed by atoms with Crippen molar-refractivity contribution >= 4 is 17.3 Å². The molecule has 1 unspecified atom stereocenters. The van der Waals surface area contributed by atoms with Crippen LogP contribution in [0.2, 0.25) is 0 Å². The van der Waals surface area contributed by atoms with Crippen molar-refractivity contribution in [1.82, 2.24) is 9.47 Å². The van der Waals surface area contributed by atoms with Crippen LogP contribution >= 0.6 is 0 Å². The van der Waals surface area contributed by atoms with Crippen LogP contribution < -0.4 is 0 Å². The first-order valence-corrected chi connectivity index (χ1v) is 13.5. The Morgan fingerprint density at radius 1 is 0.912 bits per heavy atom. The van der Waals surface area contributed by atoms with E-state index in [0.29, 0.717) is 12.3 Å². The first kappa shape index (κ1) is 22.0. The number of rotatable bonds is 6. The number of aromatic nitrogens is 1. The molecule has 0 radical (unpaired) electrons. The van der Waals surface area contributed by atoms with E-state index >= 15 is 0 Å². The molecule has 34 heavy (non-hydrogen) atoms. The van der Waals surface area contributed by atoms with Gasteiger partial charge in [0.1, 0.15) is 11.7 Å². The molecule has 2 aliphatic carbocycles. The summed E-state index contributed by atoms with van der Waals surface area (Å²) in [7, 11) is 0. The number of carbonyl (C=O) groups is 2. The lowest BCUT2D eigenvalue weighted by molar-refractivity contribution is -0.120. The number of likely N-dealkylation sites (tertiary alicyclic amines) is 1. The van der Waals surface area contributed by atoms with Gasteiger partial charge in [-0.3, -0.25) is 19.1 Å². The highest BCUT2D eigenvalue weighted by Crippen LogP contribution is 2.43. The minimum absolute atomic E-state index is 0.0349. The molecular weight excluding hydrogens is 420 g/mol. The summed E-state index contributed by atoms with van der Waals surface area (Å²) in [5, 5.41) is 0. The molecule has 4 aliphatic rings. The highest BCUT2D eigenvalue weighted by Gasteiger charge is 2.39. The monoisotopic (exact) mass is 456 g/mol. The number of carbonyl (C=O) groups excluding carboxylic acids is 2. The van der Waals surface area contributed by atoms with E-state index in [2.05, 4.69) is 41.3 Å². The van der Waals surface area contributed by atoms with E-state index in [1.54, 1.807) is 0 Å². The minimum Gasteiger partial charge on any atom is -0.299 e. The quantitative estimate of drug-likeness (QED) is 0.530. The van der Waals surface area contributed by atoms with Crippen molar-refractivity contribution in [2.24, 2.45) is 11.8 Å². The van der Waals surface area contributed by atoms with Crippen molar-refractivity contribution in [3.05, 3.63) is 64.5 Å². The van der Waals surface area contributed by atoms with E-state index in [-0.39, 0.29) is 11.7 Å². The second-order valence-electron chi connectivity index (χ2n) is 10.9. The summed E-state index contributed by atoms with van der Waals surface area (Å²) in [6, 6.07) is 10.7. The SMILES string of the molecule is O=C(CCC1CCN(Cc2ccccc2)CC1)C1C=C2CCCc3c4c(n(c32)C1=O)CCCC4. The Kier molecular flexibility index (Phi) is 6.02. The van der Waals surface area contributed by atoms with E-state index in [4.69, 9.17) is 0 Å². The Morgan fingerprint density at radius 3 is 2.50 bits per heavy atom. The van der Waals surface area contributed by atoms with Crippen molar-refractivity contribution in [2.45, 2.75) is 77.2 Å². The van der Waals surface area contributed by atoms with Gasteiger partial charge in [0, 0.05) is 18.7 Å². The minimum atomic E-state index is -0.565. The molecule has 1 atom stereocenters. The molecule has 1 saturated heterocycles. The van der Waals surface area contributed by atoms with E-state index in [1.165, 1.54) is 40.1 Å². The van der Waals surface area contributed by atoms with Crippen LogP contribution in [0.3, 0.4) is 0 Å². The maximum Gasteiger partial charge on any atom is 0.245 e. The maximum atomic E-state index is 13.6.